The quantitative estimate of drug-likeness (QED) is 0.724. The van der Waals surface area contributed by atoms with Crippen LogP contribution in [0.2, 0.25) is 0 Å². The normalized spacial score (nSPS) is 11.5. The zero-order valence-electron chi connectivity index (χ0n) is 11.2. The predicted octanol–water partition coefficient (Wildman–Crippen LogP) is -0.0682. The molecular formula is C11H16N6O2S. The second kappa shape index (κ2) is 5.97. The number of sulfonamides is 1. The summed E-state index contributed by atoms with van der Waals surface area (Å²) < 4.78 is 25.8. The van der Waals surface area contributed by atoms with Crippen LogP contribution in [0, 0.1) is 6.92 Å². The van der Waals surface area contributed by atoms with E-state index in [1.165, 1.54) is 0 Å². The van der Waals surface area contributed by atoms with Crippen LogP contribution in [-0.4, -0.2) is 47.7 Å². The molecule has 0 saturated carbocycles. The van der Waals surface area contributed by atoms with Crippen molar-refractivity contribution in [1.29, 1.82) is 0 Å². The summed E-state index contributed by atoms with van der Waals surface area (Å²) in [5.74, 6) is 1.20. The molecule has 2 heterocycles. The van der Waals surface area contributed by atoms with Crippen molar-refractivity contribution in [1.82, 2.24) is 24.7 Å². The fraction of sp³-hybridized carbons (Fsp3) is 0.364. The molecule has 0 aliphatic heterocycles. The van der Waals surface area contributed by atoms with Crippen LogP contribution in [0.5, 0.6) is 0 Å². The van der Waals surface area contributed by atoms with E-state index in [0.717, 1.165) is 11.9 Å². The van der Waals surface area contributed by atoms with Crippen LogP contribution in [0.3, 0.4) is 0 Å². The number of rotatable bonds is 6. The standard InChI is InChI=1S/C11H16N6O2S/c1-9-5-8-17(16-9)11-4-3-10(14-15-11)12-6-7-13-20(2,18)19/h3-5,8,13H,6-7H2,1-2H3,(H,12,14). The zero-order valence-corrected chi connectivity index (χ0v) is 12.1. The number of hydrogen-bond acceptors (Lipinski definition) is 6. The van der Waals surface area contributed by atoms with Gasteiger partial charge in [-0.1, -0.05) is 0 Å². The Hall–Kier alpha value is -2.00. The fourth-order valence-electron chi connectivity index (χ4n) is 1.51. The first kappa shape index (κ1) is 14.4. The van der Waals surface area contributed by atoms with Crippen molar-refractivity contribution in [3.63, 3.8) is 0 Å². The molecule has 0 saturated heterocycles. The van der Waals surface area contributed by atoms with E-state index in [1.807, 2.05) is 19.2 Å². The molecule has 0 aromatic carbocycles. The molecule has 0 radical (unpaired) electrons. The molecule has 20 heavy (non-hydrogen) atoms. The van der Waals surface area contributed by atoms with Gasteiger partial charge < -0.3 is 5.32 Å². The molecule has 0 unspecified atom stereocenters. The van der Waals surface area contributed by atoms with Crippen LogP contribution in [0.15, 0.2) is 24.4 Å². The Kier molecular flexibility index (Phi) is 4.30. The van der Waals surface area contributed by atoms with Crippen molar-refractivity contribution in [3.8, 4) is 5.82 Å². The lowest BCUT2D eigenvalue weighted by atomic mass is 10.5. The van der Waals surface area contributed by atoms with E-state index in [2.05, 4.69) is 25.3 Å². The van der Waals surface area contributed by atoms with E-state index in [9.17, 15) is 8.42 Å². The fourth-order valence-corrected chi connectivity index (χ4v) is 1.98. The predicted molar refractivity (Wildman–Crippen MR) is 75.2 cm³/mol. The molecule has 0 aliphatic carbocycles. The average molecular weight is 296 g/mol. The summed E-state index contributed by atoms with van der Waals surface area (Å²) in [5.41, 5.74) is 0.904. The number of anilines is 1. The molecule has 108 valence electrons. The van der Waals surface area contributed by atoms with Gasteiger partial charge in [0.25, 0.3) is 0 Å². The van der Waals surface area contributed by atoms with Crippen LogP contribution in [0.4, 0.5) is 5.82 Å². The minimum Gasteiger partial charge on any atom is -0.367 e. The molecule has 0 aliphatic rings. The van der Waals surface area contributed by atoms with Crippen LogP contribution < -0.4 is 10.0 Å². The number of nitrogens with zero attached hydrogens (tertiary/aromatic N) is 4. The highest BCUT2D eigenvalue weighted by Gasteiger charge is 2.02. The van der Waals surface area contributed by atoms with E-state index in [0.29, 0.717) is 24.7 Å². The van der Waals surface area contributed by atoms with Crippen molar-refractivity contribution in [2.24, 2.45) is 0 Å². The van der Waals surface area contributed by atoms with E-state index in [4.69, 9.17) is 0 Å². The average Bonchev–Trinajstić information content (AvgIpc) is 2.81. The second-order valence-electron chi connectivity index (χ2n) is 4.27. The van der Waals surface area contributed by atoms with Gasteiger partial charge >= 0.3 is 0 Å². The van der Waals surface area contributed by atoms with Gasteiger partial charge in [0.2, 0.25) is 10.0 Å². The Balaban J connectivity index is 1.89. The Bertz CT molecular complexity index is 664. The summed E-state index contributed by atoms with van der Waals surface area (Å²) >= 11 is 0. The monoisotopic (exact) mass is 296 g/mol. The highest BCUT2D eigenvalue weighted by atomic mass is 32.2. The van der Waals surface area contributed by atoms with E-state index in [1.54, 1.807) is 16.8 Å². The van der Waals surface area contributed by atoms with Gasteiger partial charge in [0.1, 0.15) is 5.82 Å². The lowest BCUT2D eigenvalue weighted by Gasteiger charge is -2.06. The van der Waals surface area contributed by atoms with E-state index < -0.39 is 10.0 Å². The van der Waals surface area contributed by atoms with E-state index >= 15 is 0 Å². The molecule has 0 fully saturated rings. The maximum atomic E-state index is 10.9. The molecule has 2 rings (SSSR count). The third-order valence-electron chi connectivity index (χ3n) is 2.40. The highest BCUT2D eigenvalue weighted by molar-refractivity contribution is 7.88. The van der Waals surface area contributed by atoms with Gasteiger partial charge in [-0.15, -0.1) is 10.2 Å². The maximum absolute atomic E-state index is 10.9. The summed E-state index contributed by atoms with van der Waals surface area (Å²) in [5, 5.41) is 15.2. The molecule has 0 spiro atoms. The van der Waals surface area contributed by atoms with Crippen molar-refractivity contribution in [2.45, 2.75) is 6.92 Å². The van der Waals surface area contributed by atoms with Crippen molar-refractivity contribution >= 4 is 15.8 Å². The third kappa shape index (κ3) is 4.28. The molecular weight excluding hydrogens is 280 g/mol. The SMILES string of the molecule is Cc1ccn(-c2ccc(NCCNS(C)(=O)=O)nn2)n1. The minimum absolute atomic E-state index is 0.292. The number of nitrogens with one attached hydrogen (secondary N) is 2. The van der Waals surface area contributed by atoms with Gasteiger partial charge in [-0.3, -0.25) is 0 Å². The molecule has 8 nitrogen and oxygen atoms in total. The van der Waals surface area contributed by atoms with Gasteiger partial charge in [0.05, 0.1) is 11.9 Å². The van der Waals surface area contributed by atoms with Gasteiger partial charge in [0, 0.05) is 19.3 Å². The second-order valence-corrected chi connectivity index (χ2v) is 6.10. The molecule has 0 atom stereocenters. The Morgan fingerprint density at radius 2 is 2.00 bits per heavy atom. The number of aryl methyl sites for hydroxylation is 1. The largest absolute Gasteiger partial charge is 0.367 e. The highest BCUT2D eigenvalue weighted by Crippen LogP contribution is 2.06. The smallest absolute Gasteiger partial charge is 0.208 e. The zero-order chi connectivity index (χ0) is 14.6. The molecule has 2 aromatic rings. The van der Waals surface area contributed by atoms with Gasteiger partial charge in [-0.25, -0.2) is 17.8 Å². The lowest BCUT2D eigenvalue weighted by Crippen LogP contribution is -2.27. The van der Waals surface area contributed by atoms with Crippen molar-refractivity contribution in [2.75, 3.05) is 24.7 Å². The summed E-state index contributed by atoms with van der Waals surface area (Å²) in [6.45, 7) is 2.62. The third-order valence-corrected chi connectivity index (χ3v) is 3.13. The van der Waals surface area contributed by atoms with Crippen molar-refractivity contribution in [3.05, 3.63) is 30.1 Å². The Morgan fingerprint density at radius 3 is 2.55 bits per heavy atom. The van der Waals surface area contributed by atoms with E-state index in [-0.39, 0.29) is 0 Å². The summed E-state index contributed by atoms with van der Waals surface area (Å²) in [6, 6.07) is 5.43. The molecule has 0 bridgehead atoms. The summed E-state index contributed by atoms with van der Waals surface area (Å²) in [4.78, 5) is 0. The molecule has 2 aromatic heterocycles. The lowest BCUT2D eigenvalue weighted by molar-refractivity contribution is 0.589. The van der Waals surface area contributed by atoms with Gasteiger partial charge in [-0.2, -0.15) is 5.10 Å². The summed E-state index contributed by atoms with van der Waals surface area (Å²) in [7, 11) is -3.16. The minimum atomic E-state index is -3.16. The van der Waals surface area contributed by atoms with Crippen LogP contribution >= 0.6 is 0 Å². The van der Waals surface area contributed by atoms with Crippen molar-refractivity contribution < 1.29 is 8.42 Å². The molecule has 0 amide bonds. The van der Waals surface area contributed by atoms with Crippen LogP contribution in [0.1, 0.15) is 5.69 Å². The number of aromatic nitrogens is 4. The maximum Gasteiger partial charge on any atom is 0.208 e. The molecule has 9 heteroatoms. The summed E-state index contributed by atoms with van der Waals surface area (Å²) in [6.07, 6.45) is 2.93. The first-order chi connectivity index (χ1) is 9.44. The topological polar surface area (TPSA) is 102 Å². The van der Waals surface area contributed by atoms with Crippen LogP contribution in [-0.2, 0) is 10.0 Å². The van der Waals surface area contributed by atoms with Crippen LogP contribution in [0.25, 0.3) is 5.82 Å². The number of hydrogen-bond donors (Lipinski definition) is 2. The molecule has 2 N–H and O–H groups in total. The Labute approximate surface area is 117 Å². The first-order valence-electron chi connectivity index (χ1n) is 5.99. The first-order valence-corrected chi connectivity index (χ1v) is 7.88. The van der Waals surface area contributed by atoms with Gasteiger partial charge in [0.15, 0.2) is 5.82 Å². The Morgan fingerprint density at radius 1 is 1.20 bits per heavy atom. The van der Waals surface area contributed by atoms with Gasteiger partial charge in [-0.05, 0) is 25.1 Å².